The third-order valence-corrected chi connectivity index (χ3v) is 2.95. The van der Waals surface area contributed by atoms with Crippen molar-refractivity contribution in [3.05, 3.63) is 22.2 Å². The zero-order valence-electron chi connectivity index (χ0n) is 12.0. The highest BCUT2D eigenvalue weighted by Gasteiger charge is 2.16. The van der Waals surface area contributed by atoms with E-state index in [2.05, 4.69) is 20.8 Å². The molecule has 0 unspecified atom stereocenters. The molecule has 0 aromatic carbocycles. The minimum atomic E-state index is -0.341. The van der Waals surface area contributed by atoms with Gasteiger partial charge in [-0.2, -0.15) is 5.10 Å². The molecule has 108 valence electrons. The lowest BCUT2D eigenvalue weighted by atomic mass is 10.2. The van der Waals surface area contributed by atoms with Crippen molar-refractivity contribution in [1.29, 1.82) is 0 Å². The molecule has 0 fully saturated rings. The standard InChI is InChI=1S/C12H18N6O2/c1-7(2)11-16-17(6-10(19)14-4)12(20)8-5-9(13-3)15-18(8)11/h5,7H,6H2,1-4H3,(H,13,15)(H,14,19). The van der Waals surface area contributed by atoms with Crippen LogP contribution in [0.15, 0.2) is 10.9 Å². The molecule has 2 rings (SSSR count). The molecule has 0 saturated carbocycles. The van der Waals surface area contributed by atoms with Crippen molar-refractivity contribution in [3.8, 4) is 0 Å². The van der Waals surface area contributed by atoms with Gasteiger partial charge in [-0.1, -0.05) is 13.8 Å². The Bertz CT molecular complexity index is 700. The smallest absolute Gasteiger partial charge is 0.293 e. The van der Waals surface area contributed by atoms with Crippen molar-refractivity contribution in [2.75, 3.05) is 19.4 Å². The number of rotatable bonds is 4. The SMILES string of the molecule is CNC(=O)Cn1nc(C(C)C)n2nc(NC)cc2c1=O. The van der Waals surface area contributed by atoms with Gasteiger partial charge in [0.05, 0.1) is 0 Å². The molecule has 1 amide bonds. The van der Waals surface area contributed by atoms with E-state index in [9.17, 15) is 9.59 Å². The predicted molar refractivity (Wildman–Crippen MR) is 74.9 cm³/mol. The maximum absolute atomic E-state index is 12.3. The van der Waals surface area contributed by atoms with Crippen LogP contribution in [0.4, 0.5) is 5.82 Å². The van der Waals surface area contributed by atoms with Crippen LogP contribution in [-0.2, 0) is 11.3 Å². The fourth-order valence-electron chi connectivity index (χ4n) is 1.86. The highest BCUT2D eigenvalue weighted by Crippen LogP contribution is 2.14. The van der Waals surface area contributed by atoms with E-state index >= 15 is 0 Å². The topological polar surface area (TPSA) is 93.3 Å². The molecule has 8 heteroatoms. The highest BCUT2D eigenvalue weighted by atomic mass is 16.2. The second kappa shape index (κ2) is 5.32. The quantitative estimate of drug-likeness (QED) is 0.808. The summed E-state index contributed by atoms with van der Waals surface area (Å²) in [4.78, 5) is 23.8. The second-order valence-electron chi connectivity index (χ2n) is 4.73. The number of nitrogens with zero attached hydrogens (tertiary/aromatic N) is 4. The van der Waals surface area contributed by atoms with Crippen LogP contribution >= 0.6 is 0 Å². The molecule has 0 aliphatic rings. The summed E-state index contributed by atoms with van der Waals surface area (Å²) in [7, 11) is 3.25. The summed E-state index contributed by atoms with van der Waals surface area (Å²) >= 11 is 0. The van der Waals surface area contributed by atoms with Crippen LogP contribution in [0.1, 0.15) is 25.6 Å². The Morgan fingerprint density at radius 1 is 1.35 bits per heavy atom. The first-order valence-electron chi connectivity index (χ1n) is 6.37. The molecule has 2 aromatic heterocycles. The molecule has 0 bridgehead atoms. The fourth-order valence-corrected chi connectivity index (χ4v) is 1.86. The minimum absolute atomic E-state index is 0.0682. The lowest BCUT2D eigenvalue weighted by Crippen LogP contribution is -2.34. The van der Waals surface area contributed by atoms with Gasteiger partial charge in [0.1, 0.15) is 17.9 Å². The summed E-state index contributed by atoms with van der Waals surface area (Å²) in [5.41, 5.74) is 0.0592. The van der Waals surface area contributed by atoms with Gasteiger partial charge in [0, 0.05) is 26.1 Å². The van der Waals surface area contributed by atoms with Gasteiger partial charge in [0.2, 0.25) is 5.91 Å². The summed E-state index contributed by atoms with van der Waals surface area (Å²) in [5.74, 6) is 1.01. The van der Waals surface area contributed by atoms with Crippen LogP contribution in [-0.4, -0.2) is 39.4 Å². The maximum Gasteiger partial charge on any atom is 0.293 e. The molecule has 0 aliphatic carbocycles. The summed E-state index contributed by atoms with van der Waals surface area (Å²) in [6.45, 7) is 3.81. The maximum atomic E-state index is 12.3. The zero-order valence-corrected chi connectivity index (χ0v) is 12.0. The van der Waals surface area contributed by atoms with Gasteiger partial charge in [-0.25, -0.2) is 9.20 Å². The lowest BCUT2D eigenvalue weighted by Gasteiger charge is -2.10. The minimum Gasteiger partial charge on any atom is -0.372 e. The van der Waals surface area contributed by atoms with E-state index in [0.29, 0.717) is 17.2 Å². The van der Waals surface area contributed by atoms with Crippen LogP contribution in [0, 0.1) is 0 Å². The summed E-state index contributed by atoms with van der Waals surface area (Å²) in [6, 6.07) is 1.65. The van der Waals surface area contributed by atoms with E-state index in [1.807, 2.05) is 13.8 Å². The van der Waals surface area contributed by atoms with Gasteiger partial charge in [-0.05, 0) is 0 Å². The third kappa shape index (κ3) is 2.36. The monoisotopic (exact) mass is 278 g/mol. The largest absolute Gasteiger partial charge is 0.372 e. The number of carbonyl (C=O) groups excluding carboxylic acids is 1. The molecule has 0 radical (unpaired) electrons. The first-order chi connectivity index (χ1) is 9.47. The van der Waals surface area contributed by atoms with Gasteiger partial charge in [0.15, 0.2) is 5.82 Å². The molecule has 0 aliphatic heterocycles. The Kier molecular flexibility index (Phi) is 3.73. The van der Waals surface area contributed by atoms with Crippen LogP contribution in [0.25, 0.3) is 5.52 Å². The molecule has 2 N–H and O–H groups in total. The third-order valence-electron chi connectivity index (χ3n) is 2.95. The second-order valence-corrected chi connectivity index (χ2v) is 4.73. The highest BCUT2D eigenvalue weighted by molar-refractivity contribution is 5.75. The first-order valence-corrected chi connectivity index (χ1v) is 6.37. The van der Waals surface area contributed by atoms with Crippen LogP contribution in [0.2, 0.25) is 0 Å². The van der Waals surface area contributed by atoms with E-state index in [4.69, 9.17) is 0 Å². The average molecular weight is 278 g/mol. The number of hydrogen-bond acceptors (Lipinski definition) is 5. The molecule has 0 saturated heterocycles. The van der Waals surface area contributed by atoms with E-state index in [1.165, 1.54) is 16.2 Å². The fraction of sp³-hybridized carbons (Fsp3) is 0.500. The summed E-state index contributed by atoms with van der Waals surface area (Å²) in [6.07, 6.45) is 0. The predicted octanol–water partition coefficient (Wildman–Crippen LogP) is -0.198. The number of fused-ring (bicyclic) bond motifs is 1. The van der Waals surface area contributed by atoms with E-state index in [-0.39, 0.29) is 23.9 Å². The van der Waals surface area contributed by atoms with Gasteiger partial charge in [-0.3, -0.25) is 9.59 Å². The van der Waals surface area contributed by atoms with Crippen molar-refractivity contribution < 1.29 is 4.79 Å². The Hall–Kier alpha value is -2.38. The first kappa shape index (κ1) is 14.0. The van der Waals surface area contributed by atoms with Crippen LogP contribution in [0.3, 0.4) is 0 Å². The molecule has 8 nitrogen and oxygen atoms in total. The van der Waals surface area contributed by atoms with Crippen LogP contribution in [0.5, 0.6) is 0 Å². The van der Waals surface area contributed by atoms with Gasteiger partial charge in [-0.15, -0.1) is 5.10 Å². The lowest BCUT2D eigenvalue weighted by molar-refractivity contribution is -0.121. The number of carbonyl (C=O) groups is 1. The number of likely N-dealkylation sites (N-methyl/N-ethyl adjacent to an activating group) is 1. The van der Waals surface area contributed by atoms with Crippen molar-refractivity contribution >= 4 is 17.2 Å². The van der Waals surface area contributed by atoms with E-state index in [1.54, 1.807) is 13.1 Å². The molecule has 0 atom stereocenters. The van der Waals surface area contributed by atoms with Gasteiger partial charge < -0.3 is 10.6 Å². The normalized spacial score (nSPS) is 11.1. The molecule has 2 aromatic rings. The zero-order chi connectivity index (χ0) is 14.9. The molecule has 20 heavy (non-hydrogen) atoms. The number of hydrogen-bond donors (Lipinski definition) is 2. The number of aromatic nitrogens is 4. The average Bonchev–Trinajstić information content (AvgIpc) is 2.85. The van der Waals surface area contributed by atoms with E-state index in [0.717, 1.165) is 0 Å². The summed E-state index contributed by atoms with van der Waals surface area (Å²) < 4.78 is 2.70. The number of amides is 1. The number of anilines is 1. The van der Waals surface area contributed by atoms with Gasteiger partial charge >= 0.3 is 0 Å². The van der Waals surface area contributed by atoms with Crippen molar-refractivity contribution in [2.45, 2.75) is 26.3 Å². The Morgan fingerprint density at radius 3 is 2.60 bits per heavy atom. The van der Waals surface area contributed by atoms with Crippen molar-refractivity contribution in [2.24, 2.45) is 0 Å². The van der Waals surface area contributed by atoms with Crippen molar-refractivity contribution in [1.82, 2.24) is 24.7 Å². The van der Waals surface area contributed by atoms with Crippen LogP contribution < -0.4 is 16.2 Å². The Balaban J connectivity index is 2.68. The van der Waals surface area contributed by atoms with Gasteiger partial charge in [0.25, 0.3) is 5.56 Å². The van der Waals surface area contributed by atoms with E-state index < -0.39 is 0 Å². The molecular weight excluding hydrogens is 260 g/mol. The Morgan fingerprint density at radius 2 is 2.05 bits per heavy atom. The number of nitrogens with one attached hydrogen (secondary N) is 2. The molecular formula is C12H18N6O2. The Labute approximate surface area is 115 Å². The van der Waals surface area contributed by atoms with Crippen molar-refractivity contribution in [3.63, 3.8) is 0 Å². The summed E-state index contributed by atoms with van der Waals surface area (Å²) in [5, 5.41) is 13.9. The molecule has 0 spiro atoms. The molecule has 2 heterocycles.